The standard InChI is InChI=1S/C16H28N4O/c1-3-4-5-6-7-8-12-18-16(17)19-13-14-10-9-11-15(20-14)21-2/h9-11H,3-8,12-13H2,1-2H3,(H3,17,18,19). The van der Waals surface area contributed by atoms with Crippen molar-refractivity contribution in [3.05, 3.63) is 23.9 Å². The Morgan fingerprint density at radius 1 is 1.24 bits per heavy atom. The highest BCUT2D eigenvalue weighted by atomic mass is 16.5. The van der Waals surface area contributed by atoms with E-state index in [1.165, 1.54) is 32.1 Å². The molecule has 1 aromatic heterocycles. The maximum absolute atomic E-state index is 5.83. The first kappa shape index (κ1) is 17.3. The van der Waals surface area contributed by atoms with Crippen molar-refractivity contribution in [1.82, 2.24) is 10.3 Å². The molecule has 0 spiro atoms. The fraction of sp³-hybridized carbons (Fsp3) is 0.625. The van der Waals surface area contributed by atoms with Crippen molar-refractivity contribution >= 4 is 5.96 Å². The lowest BCUT2D eigenvalue weighted by Crippen LogP contribution is -2.32. The topological polar surface area (TPSA) is 72.5 Å². The number of hydrogen-bond donors (Lipinski definition) is 2. The van der Waals surface area contributed by atoms with E-state index in [9.17, 15) is 0 Å². The molecule has 0 atom stereocenters. The number of methoxy groups -OCH3 is 1. The maximum atomic E-state index is 5.83. The second-order valence-corrected chi connectivity index (χ2v) is 5.07. The van der Waals surface area contributed by atoms with E-state index < -0.39 is 0 Å². The second-order valence-electron chi connectivity index (χ2n) is 5.07. The van der Waals surface area contributed by atoms with Crippen LogP contribution >= 0.6 is 0 Å². The van der Waals surface area contributed by atoms with Gasteiger partial charge in [-0.05, 0) is 12.5 Å². The zero-order valence-corrected chi connectivity index (χ0v) is 13.3. The van der Waals surface area contributed by atoms with Crippen LogP contribution in [0.4, 0.5) is 0 Å². The molecule has 0 aliphatic rings. The smallest absolute Gasteiger partial charge is 0.213 e. The van der Waals surface area contributed by atoms with Crippen molar-refractivity contribution in [1.29, 1.82) is 0 Å². The minimum absolute atomic E-state index is 0.465. The van der Waals surface area contributed by atoms with E-state index in [-0.39, 0.29) is 0 Å². The number of rotatable bonds is 10. The summed E-state index contributed by atoms with van der Waals surface area (Å²) in [4.78, 5) is 8.57. The lowest BCUT2D eigenvalue weighted by Gasteiger charge is -2.06. The van der Waals surface area contributed by atoms with Gasteiger partial charge in [0.25, 0.3) is 0 Å². The Morgan fingerprint density at radius 3 is 2.76 bits per heavy atom. The molecule has 0 saturated carbocycles. The lowest BCUT2D eigenvalue weighted by molar-refractivity contribution is 0.396. The molecule has 0 amide bonds. The summed E-state index contributed by atoms with van der Waals surface area (Å²) in [5, 5.41) is 3.14. The normalized spacial score (nSPS) is 11.4. The lowest BCUT2D eigenvalue weighted by atomic mass is 10.1. The van der Waals surface area contributed by atoms with Crippen molar-refractivity contribution in [2.45, 2.75) is 52.0 Å². The van der Waals surface area contributed by atoms with Crippen LogP contribution < -0.4 is 15.8 Å². The second kappa shape index (κ2) is 10.9. The number of ether oxygens (including phenoxy) is 1. The Labute approximate surface area is 128 Å². The average Bonchev–Trinajstić information content (AvgIpc) is 2.52. The van der Waals surface area contributed by atoms with E-state index in [1.54, 1.807) is 7.11 Å². The predicted octanol–water partition coefficient (Wildman–Crippen LogP) is 2.86. The largest absolute Gasteiger partial charge is 0.481 e. The summed E-state index contributed by atoms with van der Waals surface area (Å²) >= 11 is 0. The van der Waals surface area contributed by atoms with Gasteiger partial charge in [-0.15, -0.1) is 0 Å². The van der Waals surface area contributed by atoms with Gasteiger partial charge < -0.3 is 15.8 Å². The minimum Gasteiger partial charge on any atom is -0.481 e. The SMILES string of the molecule is CCCCCCCCNC(N)=NCc1cccc(OC)n1. The molecule has 0 aromatic carbocycles. The van der Waals surface area contributed by atoms with Crippen molar-refractivity contribution in [2.75, 3.05) is 13.7 Å². The third-order valence-corrected chi connectivity index (χ3v) is 3.24. The molecule has 118 valence electrons. The molecule has 0 fully saturated rings. The Hall–Kier alpha value is -1.78. The molecule has 3 N–H and O–H groups in total. The van der Waals surface area contributed by atoms with Gasteiger partial charge in [-0.2, -0.15) is 0 Å². The summed E-state index contributed by atoms with van der Waals surface area (Å²) in [6.45, 7) is 3.58. The van der Waals surface area contributed by atoms with Gasteiger partial charge in [0.05, 0.1) is 19.3 Å². The molecule has 0 bridgehead atoms. The van der Waals surface area contributed by atoms with E-state index in [2.05, 4.69) is 22.2 Å². The quantitative estimate of drug-likeness (QED) is 0.395. The highest BCUT2D eigenvalue weighted by Gasteiger charge is 1.97. The summed E-state index contributed by atoms with van der Waals surface area (Å²) in [7, 11) is 1.60. The number of guanidine groups is 1. The van der Waals surface area contributed by atoms with Crippen molar-refractivity contribution < 1.29 is 4.74 Å². The molecule has 0 aliphatic heterocycles. The molecule has 1 rings (SSSR count). The van der Waals surface area contributed by atoms with Crippen LogP contribution in [0.1, 0.15) is 51.1 Å². The Kier molecular flexibility index (Phi) is 9.00. The number of aliphatic imine (C=N–C) groups is 1. The Bertz CT molecular complexity index is 420. The van der Waals surface area contributed by atoms with E-state index in [4.69, 9.17) is 10.5 Å². The van der Waals surface area contributed by atoms with Gasteiger partial charge in [0, 0.05) is 12.6 Å². The molecule has 0 aliphatic carbocycles. The summed E-state index contributed by atoms with van der Waals surface area (Å²) in [5.41, 5.74) is 6.68. The van der Waals surface area contributed by atoms with Crippen LogP contribution in [0.25, 0.3) is 0 Å². The summed E-state index contributed by atoms with van der Waals surface area (Å²) < 4.78 is 5.07. The average molecular weight is 292 g/mol. The molecule has 1 aromatic rings. The van der Waals surface area contributed by atoms with Gasteiger partial charge in [-0.25, -0.2) is 9.98 Å². The number of nitrogens with two attached hydrogens (primary N) is 1. The molecule has 21 heavy (non-hydrogen) atoms. The highest BCUT2D eigenvalue weighted by Crippen LogP contribution is 2.07. The summed E-state index contributed by atoms with van der Waals surface area (Å²) in [5.74, 6) is 1.08. The van der Waals surface area contributed by atoms with Crippen molar-refractivity contribution in [2.24, 2.45) is 10.7 Å². The summed E-state index contributed by atoms with van der Waals surface area (Å²) in [6.07, 6.45) is 7.65. The number of nitrogens with zero attached hydrogens (tertiary/aromatic N) is 2. The number of pyridine rings is 1. The minimum atomic E-state index is 0.465. The van der Waals surface area contributed by atoms with Gasteiger partial charge >= 0.3 is 0 Å². The van der Waals surface area contributed by atoms with Gasteiger partial charge in [-0.1, -0.05) is 45.1 Å². The van der Waals surface area contributed by atoms with E-state index in [1.807, 2.05) is 18.2 Å². The van der Waals surface area contributed by atoms with Crippen LogP contribution in [0.3, 0.4) is 0 Å². The van der Waals surface area contributed by atoms with Crippen LogP contribution in [0, 0.1) is 0 Å². The third kappa shape index (κ3) is 8.17. The molecule has 5 nitrogen and oxygen atoms in total. The highest BCUT2D eigenvalue weighted by molar-refractivity contribution is 5.77. The van der Waals surface area contributed by atoms with Crippen molar-refractivity contribution in [3.63, 3.8) is 0 Å². The van der Waals surface area contributed by atoms with Crippen LogP contribution in [-0.4, -0.2) is 24.6 Å². The molecule has 0 unspecified atom stereocenters. The maximum Gasteiger partial charge on any atom is 0.213 e. The number of unbranched alkanes of at least 4 members (excludes halogenated alkanes) is 5. The van der Waals surface area contributed by atoms with E-state index >= 15 is 0 Å². The van der Waals surface area contributed by atoms with Gasteiger partial charge in [0.1, 0.15) is 0 Å². The molecule has 0 saturated heterocycles. The zero-order valence-electron chi connectivity index (χ0n) is 13.3. The van der Waals surface area contributed by atoms with Gasteiger partial charge in [0.2, 0.25) is 5.88 Å². The third-order valence-electron chi connectivity index (χ3n) is 3.24. The first-order valence-corrected chi connectivity index (χ1v) is 7.80. The van der Waals surface area contributed by atoms with Crippen molar-refractivity contribution in [3.8, 4) is 5.88 Å². The predicted molar refractivity (Wildman–Crippen MR) is 87.5 cm³/mol. The van der Waals surface area contributed by atoms with Gasteiger partial charge in [0.15, 0.2) is 5.96 Å². The number of aromatic nitrogens is 1. The summed E-state index contributed by atoms with van der Waals surface area (Å²) in [6, 6.07) is 5.62. The first-order chi connectivity index (χ1) is 10.3. The van der Waals surface area contributed by atoms with Crippen LogP contribution in [-0.2, 0) is 6.54 Å². The monoisotopic (exact) mass is 292 g/mol. The fourth-order valence-corrected chi connectivity index (χ4v) is 2.00. The Morgan fingerprint density at radius 2 is 2.00 bits per heavy atom. The molecule has 1 heterocycles. The van der Waals surface area contributed by atoms with Crippen LogP contribution in [0.15, 0.2) is 23.2 Å². The first-order valence-electron chi connectivity index (χ1n) is 7.80. The van der Waals surface area contributed by atoms with Crippen LogP contribution in [0.2, 0.25) is 0 Å². The van der Waals surface area contributed by atoms with E-state index in [0.29, 0.717) is 18.4 Å². The fourth-order valence-electron chi connectivity index (χ4n) is 2.00. The molecular weight excluding hydrogens is 264 g/mol. The van der Waals surface area contributed by atoms with Gasteiger partial charge in [-0.3, -0.25) is 0 Å². The zero-order chi connectivity index (χ0) is 15.3. The molecule has 0 radical (unpaired) electrons. The van der Waals surface area contributed by atoms with E-state index in [0.717, 1.165) is 18.7 Å². The number of nitrogens with one attached hydrogen (secondary N) is 1. The van der Waals surface area contributed by atoms with Crippen LogP contribution in [0.5, 0.6) is 5.88 Å². The number of hydrogen-bond acceptors (Lipinski definition) is 3. The molecular formula is C16H28N4O. The molecule has 5 heteroatoms. The Balaban J connectivity index is 2.17.